The van der Waals surface area contributed by atoms with E-state index in [1.165, 1.54) is 0 Å². The summed E-state index contributed by atoms with van der Waals surface area (Å²) >= 11 is 3.44. The number of carbonyl (C=O) groups is 1. The van der Waals surface area contributed by atoms with Gasteiger partial charge in [0.25, 0.3) is 5.91 Å². The predicted octanol–water partition coefficient (Wildman–Crippen LogP) is 2.88. The second-order valence-corrected chi connectivity index (χ2v) is 6.74. The number of nitrogens with two attached hydrogens (primary N) is 1. The summed E-state index contributed by atoms with van der Waals surface area (Å²) in [5.41, 5.74) is 6.85. The number of ether oxygens (including phenoxy) is 1. The molecule has 0 bridgehead atoms. The highest BCUT2D eigenvalue weighted by atomic mass is 79.9. The Morgan fingerprint density at radius 1 is 1.33 bits per heavy atom. The Morgan fingerprint density at radius 3 is 2.57 bits per heavy atom. The third-order valence-corrected chi connectivity index (χ3v) is 3.81. The molecule has 0 radical (unpaired) electrons. The predicted molar refractivity (Wildman–Crippen MR) is 89.4 cm³/mol. The Morgan fingerprint density at radius 2 is 2.00 bits per heavy atom. The van der Waals surface area contributed by atoms with Gasteiger partial charge in [-0.25, -0.2) is 0 Å². The largest absolute Gasteiger partial charge is 0.483 e. The molecule has 0 saturated carbocycles. The molecule has 0 aliphatic rings. The number of nitrogens with one attached hydrogen (secondary N) is 1. The van der Waals surface area contributed by atoms with E-state index >= 15 is 0 Å². The van der Waals surface area contributed by atoms with Crippen LogP contribution in [0.5, 0.6) is 5.75 Å². The average molecular weight is 357 g/mol. The molecule has 0 heterocycles. The first kappa shape index (κ1) is 18.0. The summed E-state index contributed by atoms with van der Waals surface area (Å²) in [6.07, 6.45) is 0.707. The molecule has 0 aliphatic heterocycles. The fourth-order valence-corrected chi connectivity index (χ4v) is 2.21. The van der Waals surface area contributed by atoms with Crippen molar-refractivity contribution in [3.8, 4) is 5.75 Å². The number of amides is 1. The molecule has 1 aromatic rings. The maximum Gasteiger partial charge on any atom is 0.258 e. The first-order chi connectivity index (χ1) is 9.79. The molecule has 1 amide bonds. The van der Waals surface area contributed by atoms with Gasteiger partial charge < -0.3 is 15.8 Å². The van der Waals surface area contributed by atoms with Crippen LogP contribution in [0.1, 0.15) is 33.3 Å². The highest BCUT2D eigenvalue weighted by molar-refractivity contribution is 9.10. The van der Waals surface area contributed by atoms with Crippen molar-refractivity contribution < 1.29 is 9.53 Å². The van der Waals surface area contributed by atoms with Gasteiger partial charge in [0.05, 0.1) is 0 Å². The van der Waals surface area contributed by atoms with Gasteiger partial charge in [-0.15, -0.1) is 0 Å². The zero-order valence-electron chi connectivity index (χ0n) is 13.2. The molecule has 2 atom stereocenters. The zero-order valence-corrected chi connectivity index (χ0v) is 14.7. The van der Waals surface area contributed by atoms with Crippen LogP contribution in [-0.4, -0.2) is 24.6 Å². The standard InChI is InChI=1S/C16H25BrN2O2/c1-10(2)12(4)19-16(20)9-21-15-6-5-14(17)8-13(15)7-11(3)18/h5-6,8,10-12H,7,9,18H2,1-4H3,(H,19,20). The molecular weight excluding hydrogens is 332 g/mol. The second kappa shape index (κ2) is 8.39. The molecule has 4 nitrogen and oxygen atoms in total. The third kappa shape index (κ3) is 6.48. The van der Waals surface area contributed by atoms with E-state index in [4.69, 9.17) is 10.5 Å². The fraction of sp³-hybridized carbons (Fsp3) is 0.562. The van der Waals surface area contributed by atoms with Crippen molar-refractivity contribution >= 4 is 21.8 Å². The lowest BCUT2D eigenvalue weighted by atomic mass is 10.1. The summed E-state index contributed by atoms with van der Waals surface area (Å²) in [6, 6.07) is 5.91. The minimum absolute atomic E-state index is 0.0185. The van der Waals surface area contributed by atoms with Crippen LogP contribution < -0.4 is 15.8 Å². The fourth-order valence-electron chi connectivity index (χ4n) is 1.80. The van der Waals surface area contributed by atoms with E-state index in [0.29, 0.717) is 18.1 Å². The molecule has 1 rings (SSSR count). The lowest BCUT2D eigenvalue weighted by Crippen LogP contribution is -2.39. The van der Waals surface area contributed by atoms with Gasteiger partial charge in [-0.1, -0.05) is 29.8 Å². The number of hydrogen-bond acceptors (Lipinski definition) is 3. The average Bonchev–Trinajstić information content (AvgIpc) is 2.36. The van der Waals surface area contributed by atoms with E-state index in [2.05, 4.69) is 35.1 Å². The Kier molecular flexibility index (Phi) is 7.18. The van der Waals surface area contributed by atoms with Crippen molar-refractivity contribution in [2.45, 2.75) is 46.2 Å². The highest BCUT2D eigenvalue weighted by Gasteiger charge is 2.13. The maximum atomic E-state index is 11.9. The van der Waals surface area contributed by atoms with Crippen molar-refractivity contribution in [3.63, 3.8) is 0 Å². The number of carbonyl (C=O) groups excluding carboxylic acids is 1. The van der Waals surface area contributed by atoms with Gasteiger partial charge >= 0.3 is 0 Å². The molecule has 1 aromatic carbocycles. The third-order valence-electron chi connectivity index (χ3n) is 3.31. The monoisotopic (exact) mass is 356 g/mol. The minimum atomic E-state index is -0.106. The van der Waals surface area contributed by atoms with Gasteiger partial charge in [0, 0.05) is 16.6 Å². The van der Waals surface area contributed by atoms with Crippen LogP contribution in [0.2, 0.25) is 0 Å². The summed E-state index contributed by atoms with van der Waals surface area (Å²) < 4.78 is 6.62. The van der Waals surface area contributed by atoms with E-state index in [-0.39, 0.29) is 24.6 Å². The molecule has 21 heavy (non-hydrogen) atoms. The first-order valence-corrected chi connectivity index (χ1v) is 8.05. The molecule has 118 valence electrons. The van der Waals surface area contributed by atoms with Crippen LogP contribution in [0.25, 0.3) is 0 Å². The molecule has 3 N–H and O–H groups in total. The van der Waals surface area contributed by atoms with Crippen molar-refractivity contribution in [3.05, 3.63) is 28.2 Å². The van der Waals surface area contributed by atoms with Crippen LogP contribution in [0.15, 0.2) is 22.7 Å². The summed E-state index contributed by atoms with van der Waals surface area (Å²) in [5, 5.41) is 2.92. The summed E-state index contributed by atoms with van der Waals surface area (Å²) in [5.74, 6) is 1.00. The molecule has 5 heteroatoms. The molecule has 0 aromatic heterocycles. The van der Waals surface area contributed by atoms with E-state index in [0.717, 1.165) is 10.0 Å². The van der Waals surface area contributed by atoms with Gasteiger partial charge in [0.2, 0.25) is 0 Å². The van der Waals surface area contributed by atoms with Gasteiger partial charge in [0.1, 0.15) is 5.75 Å². The van der Waals surface area contributed by atoms with Gasteiger partial charge in [0.15, 0.2) is 6.61 Å². The molecule has 0 saturated heterocycles. The van der Waals surface area contributed by atoms with Crippen LogP contribution in [-0.2, 0) is 11.2 Å². The Balaban J connectivity index is 2.64. The van der Waals surface area contributed by atoms with Crippen LogP contribution >= 0.6 is 15.9 Å². The lowest BCUT2D eigenvalue weighted by Gasteiger charge is -2.18. The number of benzene rings is 1. The van der Waals surface area contributed by atoms with E-state index in [1.54, 1.807) is 0 Å². The van der Waals surface area contributed by atoms with Gasteiger partial charge in [-0.05, 0) is 49.9 Å². The van der Waals surface area contributed by atoms with E-state index < -0.39 is 0 Å². The molecule has 0 spiro atoms. The van der Waals surface area contributed by atoms with Crippen molar-refractivity contribution in [2.75, 3.05) is 6.61 Å². The normalized spacial score (nSPS) is 13.9. The van der Waals surface area contributed by atoms with Crippen molar-refractivity contribution in [2.24, 2.45) is 11.7 Å². The number of halogens is 1. The summed E-state index contributed by atoms with van der Waals surface area (Å²) in [7, 11) is 0. The Bertz CT molecular complexity index is 475. The Labute approximate surface area is 135 Å². The second-order valence-electron chi connectivity index (χ2n) is 5.82. The zero-order chi connectivity index (χ0) is 16.0. The van der Waals surface area contributed by atoms with Gasteiger partial charge in [-0.2, -0.15) is 0 Å². The molecular formula is C16H25BrN2O2. The smallest absolute Gasteiger partial charge is 0.258 e. The minimum Gasteiger partial charge on any atom is -0.483 e. The topological polar surface area (TPSA) is 64.3 Å². The molecule has 0 aliphatic carbocycles. The van der Waals surface area contributed by atoms with Crippen molar-refractivity contribution in [1.82, 2.24) is 5.32 Å². The first-order valence-electron chi connectivity index (χ1n) is 7.25. The maximum absolute atomic E-state index is 11.9. The quantitative estimate of drug-likeness (QED) is 0.789. The summed E-state index contributed by atoms with van der Waals surface area (Å²) in [6.45, 7) is 8.10. The van der Waals surface area contributed by atoms with Crippen LogP contribution in [0, 0.1) is 5.92 Å². The molecule has 0 fully saturated rings. The number of hydrogen-bond donors (Lipinski definition) is 2. The Hall–Kier alpha value is -1.07. The molecule has 2 unspecified atom stereocenters. The SMILES string of the molecule is CC(N)Cc1cc(Br)ccc1OCC(=O)NC(C)C(C)C. The van der Waals surface area contributed by atoms with Crippen molar-refractivity contribution in [1.29, 1.82) is 0 Å². The summed E-state index contributed by atoms with van der Waals surface area (Å²) in [4.78, 5) is 11.9. The van der Waals surface area contributed by atoms with Gasteiger partial charge in [-0.3, -0.25) is 4.79 Å². The van der Waals surface area contributed by atoms with Crippen LogP contribution in [0.4, 0.5) is 0 Å². The lowest BCUT2D eigenvalue weighted by molar-refractivity contribution is -0.124. The highest BCUT2D eigenvalue weighted by Crippen LogP contribution is 2.24. The van der Waals surface area contributed by atoms with E-state index in [1.807, 2.05) is 32.0 Å². The van der Waals surface area contributed by atoms with Crippen LogP contribution in [0.3, 0.4) is 0 Å². The van der Waals surface area contributed by atoms with E-state index in [9.17, 15) is 4.79 Å². The number of rotatable bonds is 7.